The maximum atomic E-state index is 12.6. The lowest BCUT2D eigenvalue weighted by molar-refractivity contribution is -0.137. The third-order valence-electron chi connectivity index (χ3n) is 3.26. The number of benzene rings is 1. The molecule has 0 spiro atoms. The van der Waals surface area contributed by atoms with Gasteiger partial charge in [0, 0.05) is 24.3 Å². The van der Waals surface area contributed by atoms with Crippen molar-refractivity contribution >= 4 is 5.69 Å². The second-order valence-corrected chi connectivity index (χ2v) is 4.64. The van der Waals surface area contributed by atoms with Crippen molar-refractivity contribution in [3.8, 4) is 0 Å². The van der Waals surface area contributed by atoms with Crippen LogP contribution in [0, 0.1) is 5.92 Å². The van der Waals surface area contributed by atoms with E-state index in [1.165, 1.54) is 6.07 Å². The molecule has 0 bridgehead atoms. The van der Waals surface area contributed by atoms with E-state index in [2.05, 4.69) is 5.32 Å². The van der Waals surface area contributed by atoms with Crippen molar-refractivity contribution in [3.05, 3.63) is 29.8 Å². The quantitative estimate of drug-likeness (QED) is 0.896. The fourth-order valence-corrected chi connectivity index (χ4v) is 2.11. The normalized spacial score (nSPS) is 21.9. The summed E-state index contributed by atoms with van der Waals surface area (Å²) in [5.74, 6) is 0.361. The van der Waals surface area contributed by atoms with E-state index < -0.39 is 11.7 Å². The average Bonchev–Trinajstić information content (AvgIpc) is 2.81. The van der Waals surface area contributed by atoms with E-state index in [-0.39, 0.29) is 6.04 Å². The highest BCUT2D eigenvalue weighted by atomic mass is 19.4. The third kappa shape index (κ3) is 3.16. The molecule has 1 fully saturated rings. The Kier molecular flexibility index (Phi) is 3.80. The molecule has 0 aromatic heterocycles. The number of ether oxygens (including phenoxy) is 1. The summed E-state index contributed by atoms with van der Waals surface area (Å²) in [7, 11) is 0. The third-order valence-corrected chi connectivity index (χ3v) is 3.26. The molecule has 2 atom stereocenters. The molecule has 2 rings (SSSR count). The lowest BCUT2D eigenvalue weighted by Crippen LogP contribution is -2.26. The smallest absolute Gasteiger partial charge is 0.382 e. The van der Waals surface area contributed by atoms with Gasteiger partial charge in [-0.05, 0) is 31.5 Å². The van der Waals surface area contributed by atoms with Crippen molar-refractivity contribution in [1.82, 2.24) is 0 Å². The van der Waals surface area contributed by atoms with Gasteiger partial charge in [0.1, 0.15) is 0 Å². The summed E-state index contributed by atoms with van der Waals surface area (Å²) >= 11 is 0. The van der Waals surface area contributed by atoms with Crippen LogP contribution < -0.4 is 5.32 Å². The first-order valence-electron chi connectivity index (χ1n) is 5.98. The van der Waals surface area contributed by atoms with Crippen molar-refractivity contribution in [3.63, 3.8) is 0 Å². The maximum Gasteiger partial charge on any atom is 0.416 e. The Morgan fingerprint density at radius 1 is 1.39 bits per heavy atom. The van der Waals surface area contributed by atoms with Crippen molar-refractivity contribution in [2.75, 3.05) is 18.5 Å². The van der Waals surface area contributed by atoms with Crippen molar-refractivity contribution in [2.24, 2.45) is 5.92 Å². The molecule has 5 heteroatoms. The molecule has 18 heavy (non-hydrogen) atoms. The first kappa shape index (κ1) is 13.2. The molecule has 0 amide bonds. The molecule has 1 saturated heterocycles. The highest BCUT2D eigenvalue weighted by Gasteiger charge is 2.30. The van der Waals surface area contributed by atoms with Gasteiger partial charge in [0.25, 0.3) is 0 Å². The predicted molar refractivity (Wildman–Crippen MR) is 63.5 cm³/mol. The van der Waals surface area contributed by atoms with E-state index in [0.717, 1.165) is 25.2 Å². The van der Waals surface area contributed by atoms with E-state index in [4.69, 9.17) is 4.74 Å². The van der Waals surface area contributed by atoms with Crippen LogP contribution in [0.5, 0.6) is 0 Å². The zero-order valence-electron chi connectivity index (χ0n) is 10.1. The molecule has 1 aromatic rings. The summed E-state index contributed by atoms with van der Waals surface area (Å²) in [5.41, 5.74) is -0.119. The minimum atomic E-state index is -4.29. The number of nitrogens with one attached hydrogen (secondary N) is 1. The topological polar surface area (TPSA) is 21.3 Å². The zero-order chi connectivity index (χ0) is 13.2. The summed E-state index contributed by atoms with van der Waals surface area (Å²) in [6, 6.07) is 5.40. The Morgan fingerprint density at radius 3 is 2.78 bits per heavy atom. The van der Waals surface area contributed by atoms with Gasteiger partial charge in [0.15, 0.2) is 0 Å². The van der Waals surface area contributed by atoms with Gasteiger partial charge < -0.3 is 10.1 Å². The minimum Gasteiger partial charge on any atom is -0.382 e. The number of alkyl halides is 3. The van der Waals surface area contributed by atoms with Gasteiger partial charge in [-0.1, -0.05) is 6.07 Å². The zero-order valence-corrected chi connectivity index (χ0v) is 10.1. The first-order chi connectivity index (χ1) is 8.47. The molecular formula is C13H16F3NO. The van der Waals surface area contributed by atoms with Crippen molar-refractivity contribution < 1.29 is 17.9 Å². The van der Waals surface area contributed by atoms with E-state index in [0.29, 0.717) is 18.2 Å². The summed E-state index contributed by atoms with van der Waals surface area (Å²) in [4.78, 5) is 0. The first-order valence-corrected chi connectivity index (χ1v) is 5.98. The largest absolute Gasteiger partial charge is 0.416 e. The summed E-state index contributed by atoms with van der Waals surface area (Å²) in [6.45, 7) is 3.38. The molecular weight excluding hydrogens is 243 g/mol. The molecule has 1 aromatic carbocycles. The monoisotopic (exact) mass is 259 g/mol. The lowest BCUT2D eigenvalue weighted by atomic mass is 10.0. The molecule has 0 radical (unpaired) electrons. The molecule has 100 valence electrons. The van der Waals surface area contributed by atoms with E-state index >= 15 is 0 Å². The van der Waals surface area contributed by atoms with Gasteiger partial charge in [-0.2, -0.15) is 13.2 Å². The summed E-state index contributed by atoms with van der Waals surface area (Å²) in [6.07, 6.45) is -3.34. The molecule has 2 nitrogen and oxygen atoms in total. The Balaban J connectivity index is 2.04. The predicted octanol–water partition coefficient (Wildman–Crippen LogP) is 3.54. The van der Waals surface area contributed by atoms with Crippen LogP contribution in [0.4, 0.5) is 18.9 Å². The maximum absolute atomic E-state index is 12.6. The summed E-state index contributed by atoms with van der Waals surface area (Å²) < 4.78 is 42.9. The number of halogens is 3. The molecule has 0 saturated carbocycles. The average molecular weight is 259 g/mol. The van der Waals surface area contributed by atoms with Crippen LogP contribution in [-0.2, 0) is 10.9 Å². The Labute approximate surface area is 104 Å². The highest BCUT2D eigenvalue weighted by Crippen LogP contribution is 2.31. The lowest BCUT2D eigenvalue weighted by Gasteiger charge is -2.21. The Morgan fingerprint density at radius 2 is 2.17 bits per heavy atom. The van der Waals surface area contributed by atoms with Crippen molar-refractivity contribution in [1.29, 1.82) is 0 Å². The standard InChI is InChI=1S/C13H16F3NO/c1-9(10-5-6-18-8-10)17-12-4-2-3-11(7-12)13(14,15)16/h2-4,7,9-10,17H,5-6,8H2,1H3. The van der Waals surface area contributed by atoms with Crippen LogP contribution in [0.2, 0.25) is 0 Å². The molecule has 2 unspecified atom stereocenters. The number of rotatable bonds is 3. The van der Waals surface area contributed by atoms with Gasteiger partial charge in [0.05, 0.1) is 12.2 Å². The van der Waals surface area contributed by atoms with Gasteiger partial charge in [0.2, 0.25) is 0 Å². The van der Waals surface area contributed by atoms with Crippen LogP contribution in [-0.4, -0.2) is 19.3 Å². The highest BCUT2D eigenvalue weighted by molar-refractivity contribution is 5.47. The van der Waals surface area contributed by atoms with E-state index in [9.17, 15) is 13.2 Å². The molecule has 1 heterocycles. The number of hydrogen-bond acceptors (Lipinski definition) is 2. The van der Waals surface area contributed by atoms with Gasteiger partial charge in [-0.25, -0.2) is 0 Å². The fourth-order valence-electron chi connectivity index (χ4n) is 2.11. The second kappa shape index (κ2) is 5.18. The molecule has 1 aliphatic heterocycles. The molecule has 1 N–H and O–H groups in total. The number of hydrogen-bond donors (Lipinski definition) is 1. The van der Waals surface area contributed by atoms with Gasteiger partial charge >= 0.3 is 6.18 Å². The molecule has 0 aliphatic carbocycles. The van der Waals surface area contributed by atoms with Crippen LogP contribution in [0.25, 0.3) is 0 Å². The van der Waals surface area contributed by atoms with E-state index in [1.807, 2.05) is 6.92 Å². The fraction of sp³-hybridized carbons (Fsp3) is 0.538. The van der Waals surface area contributed by atoms with Crippen molar-refractivity contribution in [2.45, 2.75) is 25.6 Å². The van der Waals surface area contributed by atoms with Crippen LogP contribution in [0.15, 0.2) is 24.3 Å². The van der Waals surface area contributed by atoms with E-state index in [1.54, 1.807) is 6.07 Å². The van der Waals surface area contributed by atoms with Gasteiger partial charge in [-0.3, -0.25) is 0 Å². The van der Waals surface area contributed by atoms with Crippen LogP contribution in [0.3, 0.4) is 0 Å². The SMILES string of the molecule is CC(Nc1cccc(C(F)(F)F)c1)C1CCOC1. The molecule has 1 aliphatic rings. The van der Waals surface area contributed by atoms with Crippen LogP contribution >= 0.6 is 0 Å². The second-order valence-electron chi connectivity index (χ2n) is 4.64. The van der Waals surface area contributed by atoms with Gasteiger partial charge in [-0.15, -0.1) is 0 Å². The minimum absolute atomic E-state index is 0.107. The Bertz CT molecular complexity index is 399. The number of anilines is 1. The summed E-state index contributed by atoms with van der Waals surface area (Å²) in [5, 5.41) is 3.12. The Hall–Kier alpha value is -1.23. The van der Waals surface area contributed by atoms with Crippen LogP contribution in [0.1, 0.15) is 18.9 Å².